The Bertz CT molecular complexity index is 911. The van der Waals surface area contributed by atoms with Gasteiger partial charge in [0, 0.05) is 13.1 Å². The zero-order chi connectivity index (χ0) is 20.0. The number of carboxylic acids is 1. The van der Waals surface area contributed by atoms with E-state index in [2.05, 4.69) is 10.3 Å². The van der Waals surface area contributed by atoms with Crippen LogP contribution in [0, 0.1) is 11.2 Å². The van der Waals surface area contributed by atoms with E-state index in [-0.39, 0.29) is 25.2 Å². The Morgan fingerprint density at radius 1 is 1.30 bits per heavy atom. The second kappa shape index (κ2) is 6.32. The summed E-state index contributed by atoms with van der Waals surface area (Å²) < 4.78 is 54.5. The molecule has 2 aromatic rings. The van der Waals surface area contributed by atoms with Gasteiger partial charge in [0.05, 0.1) is 11.1 Å². The van der Waals surface area contributed by atoms with Crippen LogP contribution in [0.1, 0.15) is 29.5 Å². The van der Waals surface area contributed by atoms with Gasteiger partial charge in [-0.15, -0.1) is 5.10 Å². The van der Waals surface area contributed by atoms with Gasteiger partial charge in [-0.3, -0.25) is 9.59 Å². The molecule has 144 valence electrons. The molecule has 1 fully saturated rings. The van der Waals surface area contributed by atoms with Crippen molar-refractivity contribution in [3.05, 3.63) is 41.5 Å². The number of amides is 1. The molecular weight excluding hydrogens is 372 g/mol. The van der Waals surface area contributed by atoms with Gasteiger partial charge in [-0.2, -0.15) is 13.2 Å². The predicted octanol–water partition coefficient (Wildman–Crippen LogP) is 2.36. The normalized spacial score (nSPS) is 20.1. The summed E-state index contributed by atoms with van der Waals surface area (Å²) in [7, 11) is 0. The third-order valence-corrected chi connectivity index (χ3v) is 4.47. The Hall–Kier alpha value is -2.98. The highest BCUT2D eigenvalue weighted by Gasteiger charge is 2.47. The molecule has 7 nitrogen and oxygen atoms in total. The molecular formula is C16H14F4N4O3. The van der Waals surface area contributed by atoms with Gasteiger partial charge in [-0.05, 0) is 31.5 Å². The summed E-state index contributed by atoms with van der Waals surface area (Å²) in [5.41, 5.74) is -3.89. The first-order chi connectivity index (χ1) is 12.5. The number of nitrogens with zero attached hydrogens (tertiary/aromatic N) is 4. The minimum Gasteiger partial charge on any atom is -0.481 e. The van der Waals surface area contributed by atoms with Gasteiger partial charge in [0.25, 0.3) is 5.91 Å². The van der Waals surface area contributed by atoms with Gasteiger partial charge in [0.15, 0.2) is 11.4 Å². The van der Waals surface area contributed by atoms with E-state index in [4.69, 9.17) is 0 Å². The maximum atomic E-state index is 13.6. The topological polar surface area (TPSA) is 88.3 Å². The number of hydrogen-bond acceptors (Lipinski definition) is 4. The number of benzene rings is 1. The lowest BCUT2D eigenvalue weighted by molar-refractivity contribution is -0.147. The average molecular weight is 386 g/mol. The molecule has 1 amide bonds. The Morgan fingerprint density at radius 3 is 2.56 bits per heavy atom. The summed E-state index contributed by atoms with van der Waals surface area (Å²) in [4.78, 5) is 24.9. The van der Waals surface area contributed by atoms with Gasteiger partial charge in [0.1, 0.15) is 5.82 Å². The number of likely N-dealkylation sites (tertiary alicyclic amines) is 1. The van der Waals surface area contributed by atoms with Crippen molar-refractivity contribution in [2.45, 2.75) is 19.5 Å². The van der Waals surface area contributed by atoms with Crippen molar-refractivity contribution in [1.29, 1.82) is 0 Å². The molecule has 0 saturated carbocycles. The molecule has 27 heavy (non-hydrogen) atoms. The predicted molar refractivity (Wildman–Crippen MR) is 82.6 cm³/mol. The first kappa shape index (κ1) is 18.8. The molecule has 0 bridgehead atoms. The number of aromatic nitrogens is 3. The van der Waals surface area contributed by atoms with E-state index in [1.54, 1.807) is 0 Å². The Kier molecular flexibility index (Phi) is 4.40. The molecule has 1 unspecified atom stereocenters. The SMILES string of the molecule is CC1(C(=O)O)CCN(C(=O)c2nnn(-c3cccc(F)c3)c2C(F)(F)F)C1. The molecule has 3 rings (SSSR count). The first-order valence-corrected chi connectivity index (χ1v) is 7.84. The number of alkyl halides is 3. The highest BCUT2D eigenvalue weighted by atomic mass is 19.4. The second-order valence-corrected chi connectivity index (χ2v) is 6.52. The highest BCUT2D eigenvalue weighted by Crippen LogP contribution is 2.35. The van der Waals surface area contributed by atoms with Crippen molar-refractivity contribution in [3.8, 4) is 5.69 Å². The van der Waals surface area contributed by atoms with Crippen LogP contribution < -0.4 is 0 Å². The lowest BCUT2D eigenvalue weighted by atomic mass is 9.90. The number of hydrogen-bond donors (Lipinski definition) is 1. The lowest BCUT2D eigenvalue weighted by Gasteiger charge is -2.20. The zero-order valence-corrected chi connectivity index (χ0v) is 14.0. The van der Waals surface area contributed by atoms with Crippen LogP contribution in [-0.2, 0) is 11.0 Å². The standard InChI is InChI=1S/C16H14F4N4O3/c1-15(14(26)27)5-6-23(8-15)13(25)11-12(16(18,19)20)24(22-21-11)10-4-2-3-9(17)7-10/h2-4,7H,5-6,8H2,1H3,(H,26,27). The number of aliphatic carboxylic acids is 1. The van der Waals surface area contributed by atoms with Crippen LogP contribution in [0.4, 0.5) is 17.6 Å². The van der Waals surface area contributed by atoms with Crippen molar-refractivity contribution >= 4 is 11.9 Å². The molecule has 1 aliphatic rings. The monoisotopic (exact) mass is 386 g/mol. The van der Waals surface area contributed by atoms with Gasteiger partial charge in [-0.1, -0.05) is 11.3 Å². The van der Waals surface area contributed by atoms with E-state index in [0.29, 0.717) is 4.68 Å². The summed E-state index contributed by atoms with van der Waals surface area (Å²) in [6, 6.07) is 4.28. The molecule has 1 N–H and O–H groups in total. The Morgan fingerprint density at radius 2 is 2.00 bits per heavy atom. The first-order valence-electron chi connectivity index (χ1n) is 7.84. The van der Waals surface area contributed by atoms with Crippen molar-refractivity contribution in [3.63, 3.8) is 0 Å². The van der Waals surface area contributed by atoms with Crippen LogP contribution >= 0.6 is 0 Å². The minimum atomic E-state index is -4.99. The second-order valence-electron chi connectivity index (χ2n) is 6.52. The number of carbonyl (C=O) groups excluding carboxylic acids is 1. The third-order valence-electron chi connectivity index (χ3n) is 4.47. The van der Waals surface area contributed by atoms with Crippen molar-refractivity contribution in [2.24, 2.45) is 5.41 Å². The zero-order valence-electron chi connectivity index (χ0n) is 14.0. The van der Waals surface area contributed by atoms with Crippen LogP contribution in [0.2, 0.25) is 0 Å². The fourth-order valence-electron chi connectivity index (χ4n) is 2.93. The van der Waals surface area contributed by atoms with E-state index in [0.717, 1.165) is 17.0 Å². The number of rotatable bonds is 3. The minimum absolute atomic E-state index is 0.0221. The number of carboxylic acid groups (broad SMARTS) is 1. The summed E-state index contributed by atoms with van der Waals surface area (Å²) >= 11 is 0. The maximum absolute atomic E-state index is 13.6. The van der Waals surface area contributed by atoms with Gasteiger partial charge >= 0.3 is 12.1 Å². The number of halogens is 4. The van der Waals surface area contributed by atoms with Crippen LogP contribution in [0.3, 0.4) is 0 Å². The maximum Gasteiger partial charge on any atom is 0.435 e. The average Bonchev–Trinajstić information content (AvgIpc) is 3.19. The smallest absolute Gasteiger partial charge is 0.435 e. The molecule has 2 heterocycles. The van der Waals surface area contributed by atoms with Crippen molar-refractivity contribution < 1.29 is 32.3 Å². The Labute approximate surface area is 150 Å². The van der Waals surface area contributed by atoms with E-state index in [1.165, 1.54) is 19.1 Å². The van der Waals surface area contributed by atoms with Crippen LogP contribution in [0.15, 0.2) is 24.3 Å². The molecule has 1 atom stereocenters. The molecule has 1 saturated heterocycles. The van der Waals surface area contributed by atoms with E-state index in [1.807, 2.05) is 0 Å². The molecule has 1 aliphatic heterocycles. The van der Waals surface area contributed by atoms with Crippen LogP contribution in [0.25, 0.3) is 5.69 Å². The van der Waals surface area contributed by atoms with Gasteiger partial charge in [0.2, 0.25) is 0 Å². The van der Waals surface area contributed by atoms with E-state index >= 15 is 0 Å². The molecule has 11 heteroatoms. The quantitative estimate of drug-likeness (QED) is 0.819. The summed E-state index contributed by atoms with van der Waals surface area (Å²) in [5.74, 6) is -2.99. The van der Waals surface area contributed by atoms with Crippen molar-refractivity contribution in [1.82, 2.24) is 19.9 Å². The van der Waals surface area contributed by atoms with Gasteiger partial charge < -0.3 is 10.0 Å². The fraction of sp³-hybridized carbons (Fsp3) is 0.375. The van der Waals surface area contributed by atoms with Crippen LogP contribution in [0.5, 0.6) is 0 Å². The van der Waals surface area contributed by atoms with Crippen LogP contribution in [-0.4, -0.2) is 50.0 Å². The molecule has 0 spiro atoms. The summed E-state index contributed by atoms with van der Waals surface area (Å²) in [5, 5.41) is 16.0. The largest absolute Gasteiger partial charge is 0.481 e. The molecule has 0 aliphatic carbocycles. The molecule has 0 radical (unpaired) electrons. The summed E-state index contributed by atoms with van der Waals surface area (Å²) in [6.45, 7) is 1.15. The molecule has 1 aromatic carbocycles. The molecule has 1 aromatic heterocycles. The van der Waals surface area contributed by atoms with Crippen molar-refractivity contribution in [2.75, 3.05) is 13.1 Å². The lowest BCUT2D eigenvalue weighted by Crippen LogP contribution is -2.36. The van der Waals surface area contributed by atoms with Gasteiger partial charge in [-0.25, -0.2) is 9.07 Å². The highest BCUT2D eigenvalue weighted by molar-refractivity contribution is 5.94. The summed E-state index contributed by atoms with van der Waals surface area (Å²) in [6.07, 6.45) is -4.88. The van der Waals surface area contributed by atoms with E-state index in [9.17, 15) is 32.3 Å². The Balaban J connectivity index is 2.02. The third kappa shape index (κ3) is 3.36. The fourth-order valence-corrected chi connectivity index (χ4v) is 2.93. The number of carbonyl (C=O) groups is 2. The van der Waals surface area contributed by atoms with E-state index < -0.39 is 40.7 Å².